The zero-order valence-electron chi connectivity index (χ0n) is 17.1. The molecule has 0 saturated heterocycles. The van der Waals surface area contributed by atoms with Crippen molar-refractivity contribution in [1.29, 1.82) is 0 Å². The minimum absolute atomic E-state index is 0.224. The van der Waals surface area contributed by atoms with Crippen LogP contribution in [0.5, 0.6) is 5.75 Å². The molecule has 4 rings (SSSR count). The number of carbonyl (C=O) groups is 1. The van der Waals surface area contributed by atoms with Gasteiger partial charge in [-0.15, -0.1) is 0 Å². The van der Waals surface area contributed by atoms with E-state index >= 15 is 0 Å². The van der Waals surface area contributed by atoms with E-state index in [1.807, 2.05) is 41.2 Å². The minimum Gasteiger partial charge on any atom is -0.497 e. The monoisotopic (exact) mass is 410 g/mol. The molecular formula is C25H22N4O2. The van der Waals surface area contributed by atoms with Crippen LogP contribution in [0.2, 0.25) is 0 Å². The molecule has 0 saturated carbocycles. The van der Waals surface area contributed by atoms with Gasteiger partial charge in [0.1, 0.15) is 11.4 Å². The maximum Gasteiger partial charge on any atom is 0.248 e. The van der Waals surface area contributed by atoms with Crippen LogP contribution in [0.3, 0.4) is 0 Å². The van der Waals surface area contributed by atoms with Crippen molar-refractivity contribution in [2.45, 2.75) is 6.54 Å². The van der Waals surface area contributed by atoms with Gasteiger partial charge in [0.2, 0.25) is 5.91 Å². The zero-order valence-corrected chi connectivity index (χ0v) is 17.1. The number of hydrogen-bond acceptors (Lipinski definition) is 4. The standard InChI is InChI=1S/C25H22N4O2/c1-31-23-12-10-22(11-13-23)27-24(30)14-9-21-18-29(17-19-6-3-2-4-7-19)28-25(21)20-8-5-15-26-16-20/h2-16,18H,17H2,1H3,(H,27,30)/b14-9+. The van der Waals surface area contributed by atoms with Crippen LogP contribution in [0.15, 0.2) is 91.4 Å². The quantitative estimate of drug-likeness (QED) is 0.450. The number of nitrogens with zero attached hydrogens (tertiary/aromatic N) is 3. The summed E-state index contributed by atoms with van der Waals surface area (Å²) < 4.78 is 7.01. The lowest BCUT2D eigenvalue weighted by molar-refractivity contribution is -0.111. The molecule has 0 atom stereocenters. The molecule has 0 aliphatic carbocycles. The van der Waals surface area contributed by atoms with Crippen LogP contribution < -0.4 is 10.1 Å². The molecule has 6 heteroatoms. The Morgan fingerprint density at radius 1 is 1.06 bits per heavy atom. The molecule has 0 aliphatic heterocycles. The van der Waals surface area contributed by atoms with Gasteiger partial charge in [-0.2, -0.15) is 5.10 Å². The Balaban J connectivity index is 1.55. The van der Waals surface area contributed by atoms with Crippen molar-refractivity contribution in [2.24, 2.45) is 0 Å². The molecule has 4 aromatic rings. The highest BCUT2D eigenvalue weighted by atomic mass is 16.5. The summed E-state index contributed by atoms with van der Waals surface area (Å²) in [5, 5.41) is 7.59. The van der Waals surface area contributed by atoms with Crippen LogP contribution >= 0.6 is 0 Å². The number of hydrogen-bond donors (Lipinski definition) is 1. The fraction of sp³-hybridized carbons (Fsp3) is 0.0800. The molecule has 2 aromatic carbocycles. The Kier molecular flexibility index (Phi) is 6.18. The summed E-state index contributed by atoms with van der Waals surface area (Å²) in [6, 6.07) is 21.1. The first-order valence-corrected chi connectivity index (χ1v) is 9.86. The number of methoxy groups -OCH3 is 1. The van der Waals surface area contributed by atoms with Gasteiger partial charge in [-0.25, -0.2) is 0 Å². The van der Waals surface area contributed by atoms with Crippen LogP contribution in [0.1, 0.15) is 11.1 Å². The van der Waals surface area contributed by atoms with Crippen LogP contribution in [0, 0.1) is 0 Å². The largest absolute Gasteiger partial charge is 0.497 e. The zero-order chi connectivity index (χ0) is 21.5. The second-order valence-corrected chi connectivity index (χ2v) is 6.91. The lowest BCUT2D eigenvalue weighted by Crippen LogP contribution is -2.07. The molecular weight excluding hydrogens is 388 g/mol. The number of anilines is 1. The molecule has 0 bridgehead atoms. The molecule has 154 valence electrons. The van der Waals surface area contributed by atoms with Gasteiger partial charge in [-0.3, -0.25) is 14.5 Å². The molecule has 2 heterocycles. The van der Waals surface area contributed by atoms with E-state index in [0.29, 0.717) is 12.2 Å². The maximum atomic E-state index is 12.4. The number of carbonyl (C=O) groups excluding carboxylic acids is 1. The molecule has 1 N–H and O–H groups in total. The van der Waals surface area contributed by atoms with E-state index in [1.165, 1.54) is 6.08 Å². The van der Waals surface area contributed by atoms with E-state index in [2.05, 4.69) is 22.4 Å². The number of amides is 1. The van der Waals surface area contributed by atoms with Gasteiger partial charge in [0.05, 0.1) is 13.7 Å². The third kappa shape index (κ3) is 5.25. The van der Waals surface area contributed by atoms with E-state index in [9.17, 15) is 4.79 Å². The van der Waals surface area contributed by atoms with E-state index in [-0.39, 0.29) is 5.91 Å². The number of ether oxygens (including phenoxy) is 1. The van der Waals surface area contributed by atoms with E-state index in [0.717, 1.165) is 28.1 Å². The van der Waals surface area contributed by atoms with E-state index in [4.69, 9.17) is 9.84 Å². The predicted octanol–water partition coefficient (Wildman–Crippen LogP) is 4.65. The summed E-state index contributed by atoms with van der Waals surface area (Å²) >= 11 is 0. The highest BCUT2D eigenvalue weighted by Crippen LogP contribution is 2.23. The third-order valence-corrected chi connectivity index (χ3v) is 4.68. The Hall–Kier alpha value is -4.19. The smallest absolute Gasteiger partial charge is 0.248 e. The summed E-state index contributed by atoms with van der Waals surface area (Å²) in [5.74, 6) is 0.513. The molecule has 0 unspecified atom stereocenters. The molecule has 0 fully saturated rings. The first-order valence-electron chi connectivity index (χ1n) is 9.86. The van der Waals surface area contributed by atoms with E-state index in [1.54, 1.807) is 49.8 Å². The van der Waals surface area contributed by atoms with Crippen LogP contribution in [0.25, 0.3) is 17.3 Å². The van der Waals surface area contributed by atoms with Gasteiger partial charge in [-0.05, 0) is 48.0 Å². The van der Waals surface area contributed by atoms with Gasteiger partial charge in [-0.1, -0.05) is 30.3 Å². The minimum atomic E-state index is -0.224. The summed E-state index contributed by atoms with van der Waals surface area (Å²) in [6.07, 6.45) is 8.71. The van der Waals surface area contributed by atoms with Gasteiger partial charge in [0.15, 0.2) is 0 Å². The molecule has 0 radical (unpaired) electrons. The highest BCUT2D eigenvalue weighted by molar-refractivity contribution is 6.02. The van der Waals surface area contributed by atoms with Crippen molar-refractivity contribution < 1.29 is 9.53 Å². The molecule has 2 aromatic heterocycles. The lowest BCUT2D eigenvalue weighted by atomic mass is 10.1. The van der Waals surface area contributed by atoms with Crippen LogP contribution in [-0.2, 0) is 11.3 Å². The lowest BCUT2D eigenvalue weighted by Gasteiger charge is -2.03. The summed E-state index contributed by atoms with van der Waals surface area (Å²) in [7, 11) is 1.61. The van der Waals surface area contributed by atoms with Crippen molar-refractivity contribution in [1.82, 2.24) is 14.8 Å². The van der Waals surface area contributed by atoms with Gasteiger partial charge >= 0.3 is 0 Å². The predicted molar refractivity (Wildman–Crippen MR) is 122 cm³/mol. The van der Waals surface area contributed by atoms with Crippen LogP contribution in [-0.4, -0.2) is 27.8 Å². The van der Waals surface area contributed by atoms with Gasteiger partial charge < -0.3 is 10.1 Å². The van der Waals surface area contributed by atoms with Gasteiger partial charge in [0.25, 0.3) is 0 Å². The normalized spacial score (nSPS) is 10.9. The Morgan fingerprint density at radius 2 is 1.87 bits per heavy atom. The summed E-state index contributed by atoms with van der Waals surface area (Å²) in [4.78, 5) is 16.6. The topological polar surface area (TPSA) is 69.0 Å². The molecule has 1 amide bonds. The molecule has 0 spiro atoms. The fourth-order valence-electron chi connectivity index (χ4n) is 3.16. The summed E-state index contributed by atoms with van der Waals surface area (Å²) in [6.45, 7) is 0.639. The molecule has 6 nitrogen and oxygen atoms in total. The second kappa shape index (κ2) is 9.54. The number of pyridine rings is 1. The average Bonchev–Trinajstić information content (AvgIpc) is 3.22. The van der Waals surface area contributed by atoms with Crippen LogP contribution in [0.4, 0.5) is 5.69 Å². The summed E-state index contributed by atoms with van der Waals surface area (Å²) in [5.41, 5.74) is 4.36. The third-order valence-electron chi connectivity index (χ3n) is 4.68. The van der Waals surface area contributed by atoms with Crippen molar-refractivity contribution >= 4 is 17.7 Å². The molecule has 31 heavy (non-hydrogen) atoms. The average molecular weight is 410 g/mol. The Bertz CT molecular complexity index is 1170. The first kappa shape index (κ1) is 20.1. The number of benzene rings is 2. The Labute approximate surface area is 180 Å². The van der Waals surface area contributed by atoms with Crippen molar-refractivity contribution in [3.05, 3.63) is 103 Å². The highest BCUT2D eigenvalue weighted by Gasteiger charge is 2.10. The molecule has 0 aliphatic rings. The number of rotatable bonds is 7. The number of nitrogens with one attached hydrogen (secondary N) is 1. The van der Waals surface area contributed by atoms with Crippen molar-refractivity contribution in [2.75, 3.05) is 12.4 Å². The fourth-order valence-corrected chi connectivity index (χ4v) is 3.16. The van der Waals surface area contributed by atoms with Gasteiger partial charge in [0, 0.05) is 41.5 Å². The number of aromatic nitrogens is 3. The first-order chi connectivity index (χ1) is 15.2. The Morgan fingerprint density at radius 3 is 2.58 bits per heavy atom. The van der Waals surface area contributed by atoms with Crippen molar-refractivity contribution in [3.63, 3.8) is 0 Å². The SMILES string of the molecule is COc1ccc(NC(=O)/C=C/c2cn(Cc3ccccc3)nc2-c2cccnc2)cc1. The second-order valence-electron chi connectivity index (χ2n) is 6.91. The van der Waals surface area contributed by atoms with E-state index < -0.39 is 0 Å². The maximum absolute atomic E-state index is 12.4. The van der Waals surface area contributed by atoms with Crippen molar-refractivity contribution in [3.8, 4) is 17.0 Å².